The molecule has 488 valence electrons. The van der Waals surface area contributed by atoms with Crippen LogP contribution in [0.1, 0.15) is 354 Å². The summed E-state index contributed by atoms with van der Waals surface area (Å²) < 4.78 is 23.8. The summed E-state index contributed by atoms with van der Waals surface area (Å²) in [5.74, 6) is -0.181. The first-order valence-electron chi connectivity index (χ1n) is 36.2. The molecule has 0 spiro atoms. The van der Waals surface area contributed by atoms with Gasteiger partial charge >= 0.3 is 7.82 Å². The monoisotopic (exact) mass is 1190 g/mol. The molecule has 0 aliphatic rings. The van der Waals surface area contributed by atoms with E-state index in [4.69, 9.17) is 9.05 Å². The van der Waals surface area contributed by atoms with E-state index in [9.17, 15) is 19.4 Å². The molecule has 1 amide bonds. The molecular formula is C74H142N2O6P+. The lowest BCUT2D eigenvalue weighted by molar-refractivity contribution is -0.870. The predicted octanol–water partition coefficient (Wildman–Crippen LogP) is 23.2. The summed E-state index contributed by atoms with van der Waals surface area (Å²) in [4.78, 5) is 23.4. The molecule has 0 aliphatic heterocycles. The van der Waals surface area contributed by atoms with Crippen molar-refractivity contribution in [2.75, 3.05) is 40.9 Å². The SMILES string of the molecule is CCCCCCC/C=C\C/C=C\C/C=C\CCCCCCCCCCCCCCCCCCCCCCCCCCC(=O)NC(COP(=O)(O)OCC[N+](C)(C)C)C(O)/C=C/CC/C=C/CCCCCCCCCCCCCCCCCC. The van der Waals surface area contributed by atoms with Crippen LogP contribution in [-0.2, 0) is 18.4 Å². The van der Waals surface area contributed by atoms with Crippen LogP contribution in [0.3, 0.4) is 0 Å². The van der Waals surface area contributed by atoms with Crippen LogP contribution in [0.5, 0.6) is 0 Å². The van der Waals surface area contributed by atoms with Gasteiger partial charge in [-0.25, -0.2) is 4.57 Å². The topological polar surface area (TPSA) is 105 Å². The Balaban J connectivity index is 3.98. The van der Waals surface area contributed by atoms with Gasteiger partial charge in [0.1, 0.15) is 13.2 Å². The maximum absolute atomic E-state index is 13.0. The van der Waals surface area contributed by atoms with Crippen LogP contribution in [0, 0.1) is 0 Å². The molecule has 9 heteroatoms. The minimum atomic E-state index is -4.36. The van der Waals surface area contributed by atoms with Gasteiger partial charge in [0.2, 0.25) is 5.91 Å². The molecule has 3 N–H and O–H groups in total. The highest BCUT2D eigenvalue weighted by Gasteiger charge is 2.28. The van der Waals surface area contributed by atoms with Gasteiger partial charge in [-0.05, 0) is 70.6 Å². The summed E-state index contributed by atoms with van der Waals surface area (Å²) in [6.07, 6.45) is 89.6. The van der Waals surface area contributed by atoms with Crippen LogP contribution in [0.15, 0.2) is 60.8 Å². The number of rotatable bonds is 67. The highest BCUT2D eigenvalue weighted by atomic mass is 31.2. The molecule has 0 saturated heterocycles. The molecule has 0 aromatic carbocycles. The Morgan fingerprint density at radius 2 is 0.699 bits per heavy atom. The number of nitrogens with zero attached hydrogens (tertiary/aromatic N) is 1. The molecule has 0 heterocycles. The van der Waals surface area contributed by atoms with Crippen molar-refractivity contribution in [3.63, 3.8) is 0 Å². The van der Waals surface area contributed by atoms with Crippen LogP contribution < -0.4 is 5.32 Å². The smallest absolute Gasteiger partial charge is 0.387 e. The Hall–Kier alpha value is -1.80. The highest BCUT2D eigenvalue weighted by Crippen LogP contribution is 2.43. The normalized spacial score (nSPS) is 14.0. The number of phosphoric ester groups is 1. The van der Waals surface area contributed by atoms with Crippen LogP contribution in [0.2, 0.25) is 0 Å². The van der Waals surface area contributed by atoms with E-state index in [1.807, 2.05) is 27.2 Å². The summed E-state index contributed by atoms with van der Waals surface area (Å²) in [7, 11) is 1.57. The standard InChI is InChI=1S/C74H141N2O6P/c1-6-8-10-12-14-16-18-20-22-24-26-28-30-31-32-33-34-35-36-37-38-39-40-41-42-43-44-45-46-48-50-52-54-56-58-60-62-64-66-68-74(78)75-72(71-82-83(79,80)81-70-69-76(3,4)5)73(77)67-65-63-61-59-57-55-53-51-49-47-29-27-25-23-21-19-17-15-13-11-9-7-2/h18,20,24,26,30-31,57,59,65,67,72-73,77H,6-17,19,21-23,25,27-29,32-56,58,60-64,66,68-71H2,1-5H3,(H-,75,78,79,80)/p+1/b20-18-,26-24-,31-30-,59-57+,67-65+. The number of aliphatic hydroxyl groups excluding tert-OH is 1. The maximum atomic E-state index is 13.0. The van der Waals surface area contributed by atoms with Gasteiger partial charge in [-0.15, -0.1) is 0 Å². The van der Waals surface area contributed by atoms with E-state index in [-0.39, 0.29) is 19.1 Å². The summed E-state index contributed by atoms with van der Waals surface area (Å²) in [5.41, 5.74) is 0. The van der Waals surface area contributed by atoms with Crippen LogP contribution in [0.4, 0.5) is 0 Å². The number of hydrogen-bond donors (Lipinski definition) is 3. The molecule has 3 unspecified atom stereocenters. The fourth-order valence-electron chi connectivity index (χ4n) is 10.8. The highest BCUT2D eigenvalue weighted by molar-refractivity contribution is 7.47. The number of carbonyl (C=O) groups excluding carboxylic acids is 1. The van der Waals surface area contributed by atoms with Crippen molar-refractivity contribution in [2.45, 2.75) is 366 Å². The number of nitrogens with one attached hydrogen (secondary N) is 1. The summed E-state index contributed by atoms with van der Waals surface area (Å²) in [6, 6.07) is -0.864. The number of phosphoric acid groups is 1. The summed E-state index contributed by atoms with van der Waals surface area (Å²) in [5, 5.41) is 14.0. The van der Waals surface area contributed by atoms with Gasteiger partial charge in [-0.1, -0.05) is 338 Å². The number of hydrogen-bond acceptors (Lipinski definition) is 5. The number of allylic oxidation sites excluding steroid dienone is 9. The van der Waals surface area contributed by atoms with Gasteiger partial charge in [0, 0.05) is 6.42 Å². The van der Waals surface area contributed by atoms with Crippen molar-refractivity contribution in [1.29, 1.82) is 0 Å². The lowest BCUT2D eigenvalue weighted by atomic mass is 10.0. The van der Waals surface area contributed by atoms with Gasteiger partial charge in [0.15, 0.2) is 0 Å². The average Bonchev–Trinajstić information content (AvgIpc) is 3.50. The molecular weight excluding hydrogens is 1040 g/mol. The van der Waals surface area contributed by atoms with Crippen molar-refractivity contribution in [3.05, 3.63) is 60.8 Å². The Bertz CT molecular complexity index is 1540. The first-order valence-corrected chi connectivity index (χ1v) is 37.7. The number of amides is 1. The van der Waals surface area contributed by atoms with Crippen LogP contribution >= 0.6 is 7.82 Å². The first-order chi connectivity index (χ1) is 40.5. The minimum Gasteiger partial charge on any atom is -0.387 e. The Kier molecular flexibility index (Phi) is 63.3. The fourth-order valence-corrected chi connectivity index (χ4v) is 11.6. The Morgan fingerprint density at radius 3 is 1.05 bits per heavy atom. The number of unbranched alkanes of at least 4 members (excludes halogenated alkanes) is 46. The molecule has 0 saturated carbocycles. The van der Waals surface area contributed by atoms with Crippen molar-refractivity contribution in [1.82, 2.24) is 5.32 Å². The van der Waals surface area contributed by atoms with Gasteiger partial charge in [-0.2, -0.15) is 0 Å². The second kappa shape index (κ2) is 64.7. The molecule has 0 rings (SSSR count). The second-order valence-corrected chi connectivity index (χ2v) is 27.4. The minimum absolute atomic E-state index is 0.0570. The van der Waals surface area contributed by atoms with Crippen molar-refractivity contribution < 1.29 is 32.9 Å². The van der Waals surface area contributed by atoms with E-state index in [1.54, 1.807) is 6.08 Å². The zero-order chi connectivity index (χ0) is 60.5. The number of aliphatic hydroxyl groups is 1. The van der Waals surface area contributed by atoms with Crippen LogP contribution in [0.25, 0.3) is 0 Å². The Labute approximate surface area is 517 Å². The maximum Gasteiger partial charge on any atom is 0.472 e. The van der Waals surface area contributed by atoms with E-state index in [0.717, 1.165) is 51.4 Å². The molecule has 8 nitrogen and oxygen atoms in total. The van der Waals surface area contributed by atoms with Gasteiger partial charge < -0.3 is 19.8 Å². The predicted molar refractivity (Wildman–Crippen MR) is 364 cm³/mol. The number of carbonyl (C=O) groups is 1. The molecule has 0 aromatic heterocycles. The number of likely N-dealkylation sites (N-methyl/N-ethyl adjacent to an activating group) is 1. The lowest BCUT2D eigenvalue weighted by Crippen LogP contribution is -2.45. The van der Waals surface area contributed by atoms with E-state index in [0.29, 0.717) is 17.4 Å². The van der Waals surface area contributed by atoms with E-state index >= 15 is 0 Å². The third-order valence-corrected chi connectivity index (χ3v) is 17.4. The lowest BCUT2D eigenvalue weighted by Gasteiger charge is -2.25. The Morgan fingerprint density at radius 1 is 0.410 bits per heavy atom. The van der Waals surface area contributed by atoms with Gasteiger partial charge in [-0.3, -0.25) is 13.8 Å². The molecule has 3 atom stereocenters. The van der Waals surface area contributed by atoms with E-state index in [1.165, 1.54) is 283 Å². The van der Waals surface area contributed by atoms with E-state index in [2.05, 4.69) is 67.8 Å². The molecule has 0 bridgehead atoms. The largest absolute Gasteiger partial charge is 0.472 e. The third-order valence-electron chi connectivity index (χ3n) is 16.5. The summed E-state index contributed by atoms with van der Waals surface area (Å²) >= 11 is 0. The molecule has 83 heavy (non-hydrogen) atoms. The molecule has 0 fully saturated rings. The van der Waals surface area contributed by atoms with Crippen molar-refractivity contribution >= 4 is 13.7 Å². The molecule has 0 aromatic rings. The van der Waals surface area contributed by atoms with Crippen molar-refractivity contribution in [3.8, 4) is 0 Å². The second-order valence-electron chi connectivity index (χ2n) is 26.0. The van der Waals surface area contributed by atoms with E-state index < -0.39 is 20.0 Å². The van der Waals surface area contributed by atoms with Crippen molar-refractivity contribution in [2.24, 2.45) is 0 Å². The number of quaternary nitrogens is 1. The van der Waals surface area contributed by atoms with Gasteiger partial charge in [0.25, 0.3) is 0 Å². The zero-order valence-electron chi connectivity index (χ0n) is 55.9. The zero-order valence-corrected chi connectivity index (χ0v) is 56.8. The van der Waals surface area contributed by atoms with Gasteiger partial charge in [0.05, 0.1) is 39.9 Å². The fraction of sp³-hybridized carbons (Fsp3) is 0.851. The quantitative estimate of drug-likeness (QED) is 0.0243. The first kappa shape index (κ1) is 81.2. The molecule has 0 radical (unpaired) electrons. The van der Waals surface area contributed by atoms with Crippen LogP contribution in [-0.4, -0.2) is 73.4 Å². The third kappa shape index (κ3) is 67.6. The molecule has 0 aliphatic carbocycles. The average molecular weight is 1190 g/mol. The summed E-state index contributed by atoms with van der Waals surface area (Å²) in [6.45, 7) is 4.83.